The highest BCUT2D eigenvalue weighted by Crippen LogP contribution is 2.34. The second-order valence-corrected chi connectivity index (χ2v) is 5.18. The average molecular weight is 324 g/mol. The molecule has 0 radical (unpaired) electrons. The van der Waals surface area contributed by atoms with Crippen molar-refractivity contribution in [3.8, 4) is 11.3 Å². The van der Waals surface area contributed by atoms with Crippen LogP contribution in [-0.2, 0) is 6.18 Å². The SMILES string of the molecule is O=Cc1c(-c2ccc(C(F)(F)F)cc2)[nH]c2c(Cl)cccc12. The molecule has 0 atom stereocenters. The fourth-order valence-corrected chi connectivity index (χ4v) is 2.60. The molecule has 112 valence electrons. The van der Waals surface area contributed by atoms with Crippen molar-refractivity contribution in [2.45, 2.75) is 6.18 Å². The molecular formula is C16H9ClF3NO. The number of aromatic amines is 1. The molecule has 0 amide bonds. The van der Waals surface area contributed by atoms with Crippen LogP contribution in [0.2, 0.25) is 5.02 Å². The van der Waals surface area contributed by atoms with Crippen molar-refractivity contribution >= 4 is 28.8 Å². The molecular weight excluding hydrogens is 315 g/mol. The van der Waals surface area contributed by atoms with E-state index >= 15 is 0 Å². The summed E-state index contributed by atoms with van der Waals surface area (Å²) in [7, 11) is 0. The molecule has 2 nitrogen and oxygen atoms in total. The quantitative estimate of drug-likeness (QED) is 0.636. The maximum absolute atomic E-state index is 12.6. The van der Waals surface area contributed by atoms with Crippen LogP contribution in [0, 0.1) is 0 Å². The van der Waals surface area contributed by atoms with Crippen LogP contribution in [-0.4, -0.2) is 11.3 Å². The highest BCUT2D eigenvalue weighted by Gasteiger charge is 2.30. The highest BCUT2D eigenvalue weighted by atomic mass is 35.5. The molecule has 0 bridgehead atoms. The van der Waals surface area contributed by atoms with Gasteiger partial charge in [-0.05, 0) is 23.8 Å². The second-order valence-electron chi connectivity index (χ2n) is 4.77. The van der Waals surface area contributed by atoms with E-state index in [1.165, 1.54) is 12.1 Å². The Balaban J connectivity index is 2.18. The van der Waals surface area contributed by atoms with Crippen LogP contribution in [0.4, 0.5) is 13.2 Å². The number of hydrogen-bond donors (Lipinski definition) is 1. The van der Waals surface area contributed by atoms with Gasteiger partial charge in [-0.25, -0.2) is 0 Å². The predicted molar refractivity (Wildman–Crippen MR) is 79.1 cm³/mol. The van der Waals surface area contributed by atoms with E-state index < -0.39 is 11.7 Å². The zero-order chi connectivity index (χ0) is 15.9. The summed E-state index contributed by atoms with van der Waals surface area (Å²) in [6.07, 6.45) is -3.72. The van der Waals surface area contributed by atoms with Gasteiger partial charge in [0.2, 0.25) is 0 Å². The molecule has 3 aromatic rings. The van der Waals surface area contributed by atoms with Gasteiger partial charge in [-0.2, -0.15) is 13.2 Å². The van der Waals surface area contributed by atoms with Crippen molar-refractivity contribution in [2.24, 2.45) is 0 Å². The van der Waals surface area contributed by atoms with E-state index in [1.807, 2.05) is 0 Å². The van der Waals surface area contributed by atoms with Gasteiger partial charge in [-0.15, -0.1) is 0 Å². The van der Waals surface area contributed by atoms with Crippen molar-refractivity contribution in [3.63, 3.8) is 0 Å². The molecule has 0 saturated carbocycles. The number of fused-ring (bicyclic) bond motifs is 1. The fourth-order valence-electron chi connectivity index (χ4n) is 2.38. The van der Waals surface area contributed by atoms with E-state index in [9.17, 15) is 18.0 Å². The normalized spacial score (nSPS) is 11.8. The minimum absolute atomic E-state index is 0.372. The first-order valence-corrected chi connectivity index (χ1v) is 6.72. The standard InChI is InChI=1S/C16H9ClF3NO/c17-13-3-1-2-11-12(8-22)14(21-15(11)13)9-4-6-10(7-5-9)16(18,19)20/h1-8,21H. The van der Waals surface area contributed by atoms with E-state index in [4.69, 9.17) is 11.6 Å². The van der Waals surface area contributed by atoms with Crippen LogP contribution in [0.15, 0.2) is 42.5 Å². The number of carbonyl (C=O) groups excluding carboxylic acids is 1. The van der Waals surface area contributed by atoms with Crippen molar-refractivity contribution in [1.82, 2.24) is 4.98 Å². The molecule has 0 fully saturated rings. The Morgan fingerprint density at radius 1 is 1.05 bits per heavy atom. The van der Waals surface area contributed by atoms with Gasteiger partial charge in [0.1, 0.15) is 0 Å². The lowest BCUT2D eigenvalue weighted by atomic mass is 10.0. The summed E-state index contributed by atoms with van der Waals surface area (Å²) in [5, 5.41) is 1.08. The minimum atomic E-state index is -4.39. The summed E-state index contributed by atoms with van der Waals surface area (Å²) in [4.78, 5) is 14.4. The number of para-hydroxylation sites is 1. The van der Waals surface area contributed by atoms with Crippen LogP contribution >= 0.6 is 11.6 Å². The number of aldehydes is 1. The molecule has 22 heavy (non-hydrogen) atoms. The minimum Gasteiger partial charge on any atom is -0.353 e. The van der Waals surface area contributed by atoms with Crippen molar-refractivity contribution in [2.75, 3.05) is 0 Å². The van der Waals surface area contributed by atoms with Crippen LogP contribution in [0.1, 0.15) is 15.9 Å². The molecule has 3 rings (SSSR count). The number of carbonyl (C=O) groups is 1. The summed E-state index contributed by atoms with van der Waals surface area (Å²) in [5.41, 5.74) is 1.16. The van der Waals surface area contributed by atoms with Crippen molar-refractivity contribution < 1.29 is 18.0 Å². The van der Waals surface area contributed by atoms with E-state index in [0.29, 0.717) is 39.0 Å². The number of alkyl halides is 3. The van der Waals surface area contributed by atoms with Crippen LogP contribution < -0.4 is 0 Å². The van der Waals surface area contributed by atoms with E-state index in [0.717, 1.165) is 12.1 Å². The van der Waals surface area contributed by atoms with Crippen LogP contribution in [0.3, 0.4) is 0 Å². The highest BCUT2D eigenvalue weighted by molar-refractivity contribution is 6.35. The smallest absolute Gasteiger partial charge is 0.353 e. The monoisotopic (exact) mass is 323 g/mol. The van der Waals surface area contributed by atoms with E-state index in [-0.39, 0.29) is 0 Å². The average Bonchev–Trinajstić information content (AvgIpc) is 2.86. The molecule has 2 aromatic carbocycles. The lowest BCUT2D eigenvalue weighted by molar-refractivity contribution is -0.137. The van der Waals surface area contributed by atoms with E-state index in [1.54, 1.807) is 18.2 Å². The van der Waals surface area contributed by atoms with Gasteiger partial charge in [0.15, 0.2) is 6.29 Å². The number of aromatic nitrogens is 1. The molecule has 1 N–H and O–H groups in total. The molecule has 1 heterocycles. The summed E-state index contributed by atoms with van der Waals surface area (Å²) in [6.45, 7) is 0. The number of H-pyrrole nitrogens is 1. The van der Waals surface area contributed by atoms with Crippen LogP contribution in [0.25, 0.3) is 22.2 Å². The van der Waals surface area contributed by atoms with Gasteiger partial charge in [0, 0.05) is 10.9 Å². The summed E-state index contributed by atoms with van der Waals surface area (Å²) >= 11 is 6.08. The van der Waals surface area contributed by atoms with Gasteiger partial charge in [0.25, 0.3) is 0 Å². The molecule has 6 heteroatoms. The molecule has 0 aliphatic rings. The molecule has 0 aliphatic heterocycles. The van der Waals surface area contributed by atoms with Crippen molar-refractivity contribution in [3.05, 3.63) is 58.6 Å². The Labute approximate surface area is 128 Å². The fraction of sp³-hybridized carbons (Fsp3) is 0.0625. The first kappa shape index (κ1) is 14.7. The lowest BCUT2D eigenvalue weighted by Gasteiger charge is -2.07. The summed E-state index contributed by atoms with van der Waals surface area (Å²) < 4.78 is 37.8. The van der Waals surface area contributed by atoms with Gasteiger partial charge in [-0.1, -0.05) is 35.9 Å². The lowest BCUT2D eigenvalue weighted by Crippen LogP contribution is -2.04. The third-order valence-electron chi connectivity index (χ3n) is 3.44. The Kier molecular flexibility index (Phi) is 3.45. The number of halogens is 4. The first-order chi connectivity index (χ1) is 10.4. The van der Waals surface area contributed by atoms with Gasteiger partial charge in [0.05, 0.1) is 21.8 Å². The third kappa shape index (κ3) is 2.37. The van der Waals surface area contributed by atoms with Crippen molar-refractivity contribution in [1.29, 1.82) is 0 Å². The first-order valence-electron chi connectivity index (χ1n) is 6.35. The molecule has 0 saturated heterocycles. The van der Waals surface area contributed by atoms with Gasteiger partial charge in [-0.3, -0.25) is 4.79 Å². The Hall–Kier alpha value is -2.27. The molecule has 0 spiro atoms. The predicted octanol–water partition coefficient (Wildman–Crippen LogP) is 5.32. The summed E-state index contributed by atoms with van der Waals surface area (Å²) in [5.74, 6) is 0. The summed E-state index contributed by atoms with van der Waals surface area (Å²) in [6, 6.07) is 9.74. The van der Waals surface area contributed by atoms with Crippen LogP contribution in [0.5, 0.6) is 0 Å². The Bertz CT molecular complexity index is 850. The topological polar surface area (TPSA) is 32.9 Å². The zero-order valence-corrected chi connectivity index (χ0v) is 11.8. The third-order valence-corrected chi connectivity index (χ3v) is 3.76. The number of benzene rings is 2. The van der Waals surface area contributed by atoms with Gasteiger partial charge >= 0.3 is 6.18 Å². The molecule has 0 aliphatic carbocycles. The largest absolute Gasteiger partial charge is 0.416 e. The second kappa shape index (κ2) is 5.18. The number of rotatable bonds is 2. The Morgan fingerprint density at radius 2 is 1.73 bits per heavy atom. The molecule has 1 aromatic heterocycles. The van der Waals surface area contributed by atoms with E-state index in [2.05, 4.69) is 4.98 Å². The Morgan fingerprint density at radius 3 is 2.32 bits per heavy atom. The number of hydrogen-bond acceptors (Lipinski definition) is 1. The maximum atomic E-state index is 12.6. The maximum Gasteiger partial charge on any atom is 0.416 e. The van der Waals surface area contributed by atoms with Gasteiger partial charge < -0.3 is 4.98 Å². The molecule has 0 unspecified atom stereocenters. The number of nitrogens with one attached hydrogen (secondary N) is 1. The zero-order valence-electron chi connectivity index (χ0n) is 11.0.